The van der Waals surface area contributed by atoms with Crippen molar-refractivity contribution in [3.05, 3.63) is 17.5 Å². The van der Waals surface area contributed by atoms with E-state index < -0.39 is 18.6 Å². The van der Waals surface area contributed by atoms with E-state index in [0.29, 0.717) is 0 Å². The van der Waals surface area contributed by atoms with Crippen LogP contribution in [-0.2, 0) is 6.42 Å². The number of halogens is 3. The van der Waals surface area contributed by atoms with Crippen LogP contribution in [0.3, 0.4) is 0 Å². The molecular weight excluding hydrogens is 189 g/mol. The van der Waals surface area contributed by atoms with Gasteiger partial charge < -0.3 is 5.11 Å². The van der Waals surface area contributed by atoms with E-state index in [1.54, 1.807) is 0 Å². The monoisotopic (exact) mass is 194 g/mol. The minimum atomic E-state index is -4.37. The van der Waals surface area contributed by atoms with E-state index >= 15 is 0 Å². The number of rotatable bonds is 2. The van der Waals surface area contributed by atoms with Gasteiger partial charge in [0.25, 0.3) is 0 Å². The zero-order valence-electron chi connectivity index (χ0n) is 6.22. The largest absolute Gasteiger partial charge is 0.477 e. The molecule has 0 aliphatic rings. The minimum absolute atomic E-state index is 0.329. The summed E-state index contributed by atoms with van der Waals surface area (Å²) in [5, 5.41) is 13.5. The van der Waals surface area contributed by atoms with Crippen molar-refractivity contribution in [2.24, 2.45) is 0 Å². The van der Waals surface area contributed by atoms with E-state index in [1.165, 1.54) is 0 Å². The number of H-pyrrole nitrogens is 1. The maximum Gasteiger partial charge on any atom is 0.394 e. The van der Waals surface area contributed by atoms with Crippen LogP contribution >= 0.6 is 0 Å². The lowest BCUT2D eigenvalue weighted by molar-refractivity contribution is -0.127. The summed E-state index contributed by atoms with van der Waals surface area (Å²) in [6, 6.07) is 0.857. The van der Waals surface area contributed by atoms with Crippen LogP contribution in [0.1, 0.15) is 16.2 Å². The molecule has 1 aromatic heterocycles. The third kappa shape index (κ3) is 2.77. The molecule has 0 aliphatic carbocycles. The lowest BCUT2D eigenvalue weighted by Gasteiger charge is -2.01. The Balaban J connectivity index is 2.75. The molecule has 0 saturated carbocycles. The molecular formula is C6H5F3N2O2. The van der Waals surface area contributed by atoms with Crippen LogP contribution in [0.15, 0.2) is 6.07 Å². The Labute approximate surface area is 70.4 Å². The summed E-state index contributed by atoms with van der Waals surface area (Å²) in [5.74, 6) is -1.33. The number of aromatic carboxylic acids is 1. The first kappa shape index (κ1) is 9.56. The standard InChI is InChI=1S/C6H5F3N2O2/c7-6(8,9)2-3-1-4(5(12)13)11-10-3/h1H,2H2,(H,10,11)(H,12,13). The van der Waals surface area contributed by atoms with Gasteiger partial charge >= 0.3 is 12.1 Å². The van der Waals surface area contributed by atoms with E-state index in [4.69, 9.17) is 5.11 Å². The van der Waals surface area contributed by atoms with E-state index in [2.05, 4.69) is 5.10 Å². The van der Waals surface area contributed by atoms with Gasteiger partial charge in [-0.15, -0.1) is 0 Å². The molecule has 0 unspecified atom stereocenters. The highest BCUT2D eigenvalue weighted by molar-refractivity contribution is 5.85. The molecule has 0 aromatic carbocycles. The fourth-order valence-corrected chi connectivity index (χ4v) is 0.769. The molecule has 0 amide bonds. The molecule has 0 atom stereocenters. The predicted molar refractivity (Wildman–Crippen MR) is 35.3 cm³/mol. The Bertz CT molecular complexity index is 318. The number of carbonyl (C=O) groups is 1. The van der Waals surface area contributed by atoms with Crippen LogP contribution in [-0.4, -0.2) is 27.4 Å². The number of aromatic nitrogens is 2. The molecule has 0 aliphatic heterocycles. The highest BCUT2D eigenvalue weighted by Gasteiger charge is 2.29. The van der Waals surface area contributed by atoms with Gasteiger partial charge in [-0.2, -0.15) is 18.3 Å². The second-order valence-corrected chi connectivity index (χ2v) is 2.37. The van der Waals surface area contributed by atoms with Crippen LogP contribution in [0.25, 0.3) is 0 Å². The van der Waals surface area contributed by atoms with Crippen LogP contribution in [0.4, 0.5) is 13.2 Å². The van der Waals surface area contributed by atoms with Gasteiger partial charge in [-0.05, 0) is 6.07 Å². The third-order valence-electron chi connectivity index (χ3n) is 1.24. The number of nitrogens with one attached hydrogen (secondary N) is 1. The van der Waals surface area contributed by atoms with Crippen molar-refractivity contribution in [3.63, 3.8) is 0 Å². The van der Waals surface area contributed by atoms with E-state index in [9.17, 15) is 18.0 Å². The Morgan fingerprint density at radius 1 is 1.62 bits per heavy atom. The molecule has 4 nitrogen and oxygen atoms in total. The zero-order chi connectivity index (χ0) is 10.1. The summed E-state index contributed by atoms with van der Waals surface area (Å²) in [6.45, 7) is 0. The highest BCUT2D eigenvalue weighted by Crippen LogP contribution is 2.20. The molecule has 0 spiro atoms. The molecule has 0 radical (unpaired) electrons. The fourth-order valence-electron chi connectivity index (χ4n) is 0.769. The van der Waals surface area contributed by atoms with Crippen LogP contribution < -0.4 is 0 Å². The molecule has 7 heteroatoms. The molecule has 13 heavy (non-hydrogen) atoms. The van der Waals surface area contributed by atoms with Gasteiger partial charge in [0.2, 0.25) is 0 Å². The minimum Gasteiger partial charge on any atom is -0.477 e. The van der Waals surface area contributed by atoms with E-state index in [0.717, 1.165) is 6.07 Å². The zero-order valence-corrected chi connectivity index (χ0v) is 6.22. The SMILES string of the molecule is O=C(O)c1cc(CC(F)(F)F)n[nH]1. The topological polar surface area (TPSA) is 66.0 Å². The Morgan fingerprint density at radius 3 is 2.62 bits per heavy atom. The summed E-state index contributed by atoms with van der Waals surface area (Å²) < 4.78 is 35.3. The van der Waals surface area contributed by atoms with E-state index in [-0.39, 0.29) is 11.4 Å². The van der Waals surface area contributed by atoms with Gasteiger partial charge in [0.15, 0.2) is 0 Å². The number of hydrogen-bond donors (Lipinski definition) is 2. The number of nitrogens with zero attached hydrogens (tertiary/aromatic N) is 1. The number of carboxylic acid groups (broad SMARTS) is 1. The lowest BCUT2D eigenvalue weighted by atomic mass is 10.3. The average molecular weight is 194 g/mol. The normalized spacial score (nSPS) is 11.6. The summed E-state index contributed by atoms with van der Waals surface area (Å²) >= 11 is 0. The lowest BCUT2D eigenvalue weighted by Crippen LogP contribution is -2.11. The molecule has 1 aromatic rings. The molecule has 0 saturated heterocycles. The first-order valence-electron chi connectivity index (χ1n) is 3.23. The van der Waals surface area contributed by atoms with Crippen molar-refractivity contribution in [1.82, 2.24) is 10.2 Å². The number of alkyl halides is 3. The summed E-state index contributed by atoms with van der Waals surface area (Å²) in [5.41, 5.74) is -0.677. The van der Waals surface area contributed by atoms with Crippen LogP contribution in [0.2, 0.25) is 0 Å². The van der Waals surface area contributed by atoms with Crippen molar-refractivity contribution in [1.29, 1.82) is 0 Å². The van der Waals surface area contributed by atoms with Crippen molar-refractivity contribution >= 4 is 5.97 Å². The second-order valence-electron chi connectivity index (χ2n) is 2.37. The summed E-state index contributed by atoms with van der Waals surface area (Å²) in [6.07, 6.45) is -5.60. The van der Waals surface area contributed by atoms with Gasteiger partial charge in [-0.3, -0.25) is 5.10 Å². The van der Waals surface area contributed by atoms with Crippen LogP contribution in [0, 0.1) is 0 Å². The number of hydrogen-bond acceptors (Lipinski definition) is 2. The molecule has 0 fully saturated rings. The third-order valence-corrected chi connectivity index (χ3v) is 1.24. The Morgan fingerprint density at radius 2 is 2.23 bits per heavy atom. The maximum atomic E-state index is 11.8. The Hall–Kier alpha value is -1.53. The smallest absolute Gasteiger partial charge is 0.394 e. The van der Waals surface area contributed by atoms with Gasteiger partial charge in [-0.25, -0.2) is 4.79 Å². The van der Waals surface area contributed by atoms with Gasteiger partial charge in [-0.1, -0.05) is 0 Å². The molecule has 2 N–H and O–H groups in total. The molecule has 72 valence electrons. The van der Waals surface area contributed by atoms with Gasteiger partial charge in [0, 0.05) is 0 Å². The number of carboxylic acids is 1. The molecule has 0 bridgehead atoms. The molecule has 1 rings (SSSR count). The van der Waals surface area contributed by atoms with Crippen molar-refractivity contribution in [2.45, 2.75) is 12.6 Å². The van der Waals surface area contributed by atoms with Crippen molar-refractivity contribution in [2.75, 3.05) is 0 Å². The molecule has 1 heterocycles. The summed E-state index contributed by atoms with van der Waals surface area (Å²) in [4.78, 5) is 10.2. The Kier molecular flexibility index (Phi) is 2.26. The first-order chi connectivity index (χ1) is 5.88. The fraction of sp³-hybridized carbons (Fsp3) is 0.333. The highest BCUT2D eigenvalue weighted by atomic mass is 19.4. The van der Waals surface area contributed by atoms with Crippen molar-refractivity contribution < 1.29 is 23.1 Å². The van der Waals surface area contributed by atoms with E-state index in [1.807, 2.05) is 5.10 Å². The van der Waals surface area contributed by atoms with Gasteiger partial charge in [0.05, 0.1) is 12.1 Å². The average Bonchev–Trinajstić information content (AvgIpc) is 2.31. The number of aromatic amines is 1. The summed E-state index contributed by atoms with van der Waals surface area (Å²) in [7, 11) is 0. The van der Waals surface area contributed by atoms with Crippen LogP contribution in [0.5, 0.6) is 0 Å². The first-order valence-corrected chi connectivity index (χ1v) is 3.23. The maximum absolute atomic E-state index is 11.8. The van der Waals surface area contributed by atoms with Crippen molar-refractivity contribution in [3.8, 4) is 0 Å². The second kappa shape index (κ2) is 3.08. The van der Waals surface area contributed by atoms with Gasteiger partial charge in [0.1, 0.15) is 5.69 Å². The quantitative estimate of drug-likeness (QED) is 0.743. The predicted octanol–water partition coefficient (Wildman–Crippen LogP) is 1.21.